The smallest absolute Gasteiger partial charge is 0.247 e. The molecule has 0 aromatic heterocycles. The van der Waals surface area contributed by atoms with Crippen LogP contribution in [0.25, 0.3) is 0 Å². The maximum atomic E-state index is 13.2. The number of hydrogen-bond acceptors (Lipinski definition) is 3. The number of nitrogens with zero attached hydrogens (tertiary/aromatic N) is 1. The maximum Gasteiger partial charge on any atom is 0.247 e. The number of benzene rings is 4. The van der Waals surface area contributed by atoms with Gasteiger partial charge in [0.05, 0.1) is 12.1 Å². The summed E-state index contributed by atoms with van der Waals surface area (Å²) in [5.74, 6) is 0.179. The van der Waals surface area contributed by atoms with E-state index in [1.807, 2.05) is 91.0 Å². The van der Waals surface area contributed by atoms with Gasteiger partial charge in [0.15, 0.2) is 0 Å². The lowest BCUT2D eigenvalue weighted by Crippen LogP contribution is -2.27. The zero-order valence-corrected chi connectivity index (χ0v) is 21.1. The van der Waals surface area contributed by atoms with Gasteiger partial charge in [0.1, 0.15) is 12.4 Å². The largest absolute Gasteiger partial charge is 0.488 e. The summed E-state index contributed by atoms with van der Waals surface area (Å²) in [7, 11) is 0. The van der Waals surface area contributed by atoms with Crippen LogP contribution in [0.2, 0.25) is 0 Å². The highest BCUT2D eigenvalue weighted by molar-refractivity contribution is 9.10. The molecule has 0 saturated carbocycles. The Morgan fingerprint density at radius 3 is 2.37 bits per heavy atom. The van der Waals surface area contributed by atoms with Crippen LogP contribution in [0.4, 0.5) is 0 Å². The third-order valence-corrected chi connectivity index (χ3v) is 6.28. The number of rotatable bonds is 9. The quantitative estimate of drug-likeness (QED) is 0.192. The molecule has 4 nitrogen and oxygen atoms in total. The Bertz CT molecular complexity index is 1290. The minimum atomic E-state index is -0.356. The van der Waals surface area contributed by atoms with Crippen molar-refractivity contribution in [1.29, 1.82) is 0 Å². The molecule has 0 aliphatic rings. The van der Waals surface area contributed by atoms with Crippen molar-refractivity contribution < 1.29 is 9.53 Å². The summed E-state index contributed by atoms with van der Waals surface area (Å²) in [5.41, 5.74) is 7.86. The van der Waals surface area contributed by atoms with E-state index >= 15 is 0 Å². The van der Waals surface area contributed by atoms with E-state index in [0.717, 1.165) is 26.7 Å². The van der Waals surface area contributed by atoms with E-state index in [1.54, 1.807) is 6.21 Å². The van der Waals surface area contributed by atoms with Crippen molar-refractivity contribution in [2.75, 3.05) is 0 Å². The predicted octanol–water partition coefficient (Wildman–Crippen LogP) is 6.81. The van der Waals surface area contributed by atoms with Gasteiger partial charge in [-0.3, -0.25) is 4.79 Å². The van der Waals surface area contributed by atoms with Crippen LogP contribution in [0.15, 0.2) is 113 Å². The molecule has 0 heterocycles. The molecule has 4 aromatic carbocycles. The zero-order chi connectivity index (χ0) is 24.5. The molecule has 1 unspecified atom stereocenters. The Kier molecular flexibility index (Phi) is 8.47. The van der Waals surface area contributed by atoms with Crippen LogP contribution in [-0.4, -0.2) is 12.1 Å². The van der Waals surface area contributed by atoms with E-state index in [4.69, 9.17) is 4.74 Å². The van der Waals surface area contributed by atoms with E-state index in [-0.39, 0.29) is 11.8 Å². The minimum absolute atomic E-state index is 0.155. The molecule has 4 aromatic rings. The highest BCUT2D eigenvalue weighted by Gasteiger charge is 2.21. The number of nitrogens with one attached hydrogen (secondary N) is 1. The first-order chi connectivity index (χ1) is 17.1. The monoisotopic (exact) mass is 526 g/mol. The SMILES string of the molecule is Cc1ccccc1CC(C(=O)NN=Cc1cc(Br)ccc1OCc1ccccc1)c1ccccc1. The van der Waals surface area contributed by atoms with Gasteiger partial charge in [-0.2, -0.15) is 5.10 Å². The lowest BCUT2D eigenvalue weighted by atomic mass is 9.90. The first-order valence-electron chi connectivity index (χ1n) is 11.5. The molecule has 1 atom stereocenters. The highest BCUT2D eigenvalue weighted by Crippen LogP contribution is 2.24. The summed E-state index contributed by atoms with van der Waals surface area (Å²) in [6.45, 7) is 2.51. The summed E-state index contributed by atoms with van der Waals surface area (Å²) in [5, 5.41) is 4.28. The number of carbonyl (C=O) groups is 1. The fourth-order valence-corrected chi connectivity index (χ4v) is 4.22. The topological polar surface area (TPSA) is 50.7 Å². The van der Waals surface area contributed by atoms with E-state index in [2.05, 4.69) is 45.5 Å². The fraction of sp³-hybridized carbons (Fsp3) is 0.133. The second-order valence-electron chi connectivity index (χ2n) is 8.28. The zero-order valence-electron chi connectivity index (χ0n) is 19.5. The van der Waals surface area contributed by atoms with E-state index in [9.17, 15) is 4.79 Å². The average Bonchev–Trinajstić information content (AvgIpc) is 2.89. The van der Waals surface area contributed by atoms with Gasteiger partial charge in [-0.15, -0.1) is 0 Å². The number of hydrazone groups is 1. The Hall–Kier alpha value is -3.70. The Morgan fingerprint density at radius 1 is 0.943 bits per heavy atom. The first-order valence-corrected chi connectivity index (χ1v) is 12.3. The molecular weight excluding hydrogens is 500 g/mol. The molecule has 176 valence electrons. The normalized spacial score (nSPS) is 11.8. The van der Waals surface area contributed by atoms with E-state index in [0.29, 0.717) is 18.8 Å². The molecular formula is C30H27BrN2O2. The lowest BCUT2D eigenvalue weighted by molar-refractivity contribution is -0.122. The van der Waals surface area contributed by atoms with Crippen molar-refractivity contribution in [2.45, 2.75) is 25.9 Å². The summed E-state index contributed by atoms with van der Waals surface area (Å²) < 4.78 is 6.92. The van der Waals surface area contributed by atoms with Gasteiger partial charge in [-0.25, -0.2) is 5.43 Å². The molecule has 0 aliphatic carbocycles. The van der Waals surface area contributed by atoms with E-state index < -0.39 is 0 Å². The fourth-order valence-electron chi connectivity index (χ4n) is 3.84. The van der Waals surface area contributed by atoms with Gasteiger partial charge in [0, 0.05) is 10.0 Å². The predicted molar refractivity (Wildman–Crippen MR) is 145 cm³/mol. The van der Waals surface area contributed by atoms with E-state index in [1.165, 1.54) is 5.56 Å². The molecule has 0 saturated heterocycles. The Labute approximate surface area is 214 Å². The van der Waals surface area contributed by atoms with Crippen molar-refractivity contribution in [3.05, 3.63) is 135 Å². The van der Waals surface area contributed by atoms with Crippen molar-refractivity contribution in [2.24, 2.45) is 5.10 Å². The summed E-state index contributed by atoms with van der Waals surface area (Å²) in [6.07, 6.45) is 2.22. The van der Waals surface area contributed by atoms with Crippen molar-refractivity contribution in [3.63, 3.8) is 0 Å². The second kappa shape index (κ2) is 12.1. The number of ether oxygens (including phenoxy) is 1. The minimum Gasteiger partial charge on any atom is -0.488 e. The standard InChI is InChI=1S/C30H27BrN2O2/c1-22-10-8-9-15-25(22)19-28(24-13-6-3-7-14-24)30(34)33-32-20-26-18-27(31)16-17-29(26)35-21-23-11-4-2-5-12-23/h2-18,20,28H,19,21H2,1H3,(H,33,34). The summed E-state index contributed by atoms with van der Waals surface area (Å²) >= 11 is 3.51. The maximum absolute atomic E-state index is 13.2. The van der Waals surface area contributed by atoms with Crippen molar-refractivity contribution in [1.82, 2.24) is 5.43 Å². The lowest BCUT2D eigenvalue weighted by Gasteiger charge is -2.17. The molecule has 0 radical (unpaired) electrons. The van der Waals surface area contributed by atoms with Gasteiger partial charge >= 0.3 is 0 Å². The van der Waals surface area contributed by atoms with Gasteiger partial charge in [0.25, 0.3) is 0 Å². The van der Waals surface area contributed by atoms with Gasteiger partial charge in [-0.1, -0.05) is 101 Å². The number of amides is 1. The molecule has 4 rings (SSSR count). The Morgan fingerprint density at radius 2 is 1.63 bits per heavy atom. The molecule has 5 heteroatoms. The van der Waals surface area contributed by atoms with Gasteiger partial charge in [-0.05, 0) is 53.8 Å². The molecule has 35 heavy (non-hydrogen) atoms. The summed E-state index contributed by atoms with van der Waals surface area (Å²) in [4.78, 5) is 13.2. The van der Waals surface area contributed by atoms with Crippen molar-refractivity contribution in [3.8, 4) is 5.75 Å². The number of carbonyl (C=O) groups excluding carboxylic acids is 1. The molecule has 0 fully saturated rings. The Balaban J connectivity index is 1.49. The first kappa shape index (κ1) is 24.4. The second-order valence-corrected chi connectivity index (χ2v) is 9.20. The van der Waals surface area contributed by atoms with Crippen LogP contribution in [0, 0.1) is 6.92 Å². The van der Waals surface area contributed by atoms with Crippen LogP contribution in [0.3, 0.4) is 0 Å². The number of halogens is 1. The van der Waals surface area contributed by atoms with Crippen LogP contribution in [-0.2, 0) is 17.8 Å². The third kappa shape index (κ3) is 6.90. The van der Waals surface area contributed by atoms with Crippen LogP contribution < -0.4 is 10.2 Å². The molecule has 1 amide bonds. The molecule has 0 bridgehead atoms. The highest BCUT2D eigenvalue weighted by atomic mass is 79.9. The number of aryl methyl sites for hydroxylation is 1. The van der Waals surface area contributed by atoms with Crippen LogP contribution in [0.5, 0.6) is 5.75 Å². The van der Waals surface area contributed by atoms with Crippen LogP contribution in [0.1, 0.15) is 33.7 Å². The average molecular weight is 527 g/mol. The van der Waals surface area contributed by atoms with Gasteiger partial charge in [0.2, 0.25) is 5.91 Å². The molecule has 1 N–H and O–H groups in total. The molecule has 0 aliphatic heterocycles. The van der Waals surface area contributed by atoms with Crippen molar-refractivity contribution >= 4 is 28.1 Å². The number of hydrogen-bond donors (Lipinski definition) is 1. The van der Waals surface area contributed by atoms with Crippen LogP contribution >= 0.6 is 15.9 Å². The summed E-state index contributed by atoms with van der Waals surface area (Å²) in [6, 6.07) is 33.7. The molecule has 0 spiro atoms. The van der Waals surface area contributed by atoms with Gasteiger partial charge < -0.3 is 4.74 Å². The third-order valence-electron chi connectivity index (χ3n) is 5.79.